The van der Waals surface area contributed by atoms with Crippen molar-refractivity contribution in [2.45, 2.75) is 44.2 Å². The van der Waals surface area contributed by atoms with Crippen LogP contribution in [0.1, 0.15) is 37.9 Å². The van der Waals surface area contributed by atoms with Crippen LogP contribution in [0.2, 0.25) is 0 Å². The molecule has 1 aromatic carbocycles. The fourth-order valence-corrected chi connectivity index (χ4v) is 4.28. The van der Waals surface area contributed by atoms with E-state index in [1.54, 1.807) is 0 Å². The molecule has 122 valence electrons. The Labute approximate surface area is 138 Å². The number of rotatable bonds is 3. The molecule has 1 spiro atoms. The van der Waals surface area contributed by atoms with Crippen molar-refractivity contribution in [3.8, 4) is 5.69 Å². The summed E-state index contributed by atoms with van der Waals surface area (Å²) in [5.41, 5.74) is 1.55. The minimum atomic E-state index is 0.351. The molecule has 1 saturated carbocycles. The number of imidazole rings is 1. The van der Waals surface area contributed by atoms with Crippen LogP contribution in [-0.4, -0.2) is 39.6 Å². The fraction of sp³-hybridized carbons (Fsp3) is 0.526. The molecule has 1 aliphatic carbocycles. The molecule has 1 aliphatic heterocycles. The molecule has 0 amide bonds. The third-order valence-corrected chi connectivity index (χ3v) is 5.55. The van der Waals surface area contributed by atoms with E-state index >= 15 is 0 Å². The van der Waals surface area contributed by atoms with E-state index in [0.29, 0.717) is 5.54 Å². The monoisotopic (exact) mass is 310 g/mol. The fourth-order valence-electron chi connectivity index (χ4n) is 4.28. The molecule has 2 fully saturated rings. The maximum Gasteiger partial charge on any atom is 0.127 e. The number of aromatic nitrogens is 2. The zero-order valence-electron chi connectivity index (χ0n) is 13.7. The highest BCUT2D eigenvalue weighted by Gasteiger charge is 2.39. The lowest BCUT2D eigenvalue weighted by Crippen LogP contribution is -2.61. The van der Waals surface area contributed by atoms with Crippen LogP contribution >= 0.6 is 0 Å². The maximum absolute atomic E-state index is 4.67. The predicted octanol–water partition coefficient (Wildman–Crippen LogP) is 2.98. The number of nitrogens with one attached hydrogen (secondary N) is 1. The predicted molar refractivity (Wildman–Crippen MR) is 92.7 cm³/mol. The number of para-hydroxylation sites is 1. The Balaban J connectivity index is 1.59. The Kier molecular flexibility index (Phi) is 4.19. The van der Waals surface area contributed by atoms with Crippen LogP contribution in [0.25, 0.3) is 5.69 Å². The summed E-state index contributed by atoms with van der Waals surface area (Å²) in [5, 5.41) is 3.63. The van der Waals surface area contributed by atoms with Crippen molar-refractivity contribution in [3.63, 3.8) is 0 Å². The second-order valence-corrected chi connectivity index (χ2v) is 6.93. The molecule has 0 radical (unpaired) electrons. The van der Waals surface area contributed by atoms with Crippen LogP contribution in [0.4, 0.5) is 0 Å². The van der Waals surface area contributed by atoms with Crippen molar-refractivity contribution in [2.75, 3.05) is 19.6 Å². The largest absolute Gasteiger partial charge is 0.314 e. The number of piperazine rings is 1. The average Bonchev–Trinajstić information content (AvgIpc) is 3.07. The third kappa shape index (κ3) is 2.93. The van der Waals surface area contributed by atoms with Gasteiger partial charge < -0.3 is 9.88 Å². The molecule has 1 N–H and O–H groups in total. The first-order valence-corrected chi connectivity index (χ1v) is 8.91. The van der Waals surface area contributed by atoms with Crippen LogP contribution in [-0.2, 0) is 6.54 Å². The first-order valence-electron chi connectivity index (χ1n) is 8.91. The van der Waals surface area contributed by atoms with E-state index in [1.807, 2.05) is 6.20 Å². The molecular formula is C19H26N4. The highest BCUT2D eigenvalue weighted by Crippen LogP contribution is 2.35. The van der Waals surface area contributed by atoms with E-state index in [2.05, 4.69) is 56.3 Å². The maximum atomic E-state index is 4.67. The molecule has 0 bridgehead atoms. The molecule has 4 heteroatoms. The Bertz CT molecular complexity index is 620. The summed E-state index contributed by atoms with van der Waals surface area (Å²) in [6, 6.07) is 10.5. The van der Waals surface area contributed by atoms with Crippen molar-refractivity contribution in [3.05, 3.63) is 48.5 Å². The Morgan fingerprint density at radius 2 is 1.91 bits per heavy atom. The van der Waals surface area contributed by atoms with E-state index in [1.165, 1.54) is 37.8 Å². The second kappa shape index (κ2) is 6.46. The Morgan fingerprint density at radius 3 is 2.74 bits per heavy atom. The first kappa shape index (κ1) is 14.9. The highest BCUT2D eigenvalue weighted by atomic mass is 15.3. The van der Waals surface area contributed by atoms with Gasteiger partial charge in [0.15, 0.2) is 0 Å². The summed E-state index contributed by atoms with van der Waals surface area (Å²) in [7, 11) is 0. The summed E-state index contributed by atoms with van der Waals surface area (Å²) in [5.74, 6) is 1.16. The lowest BCUT2D eigenvalue weighted by atomic mass is 9.79. The van der Waals surface area contributed by atoms with Crippen molar-refractivity contribution in [1.82, 2.24) is 19.8 Å². The van der Waals surface area contributed by atoms with Crippen LogP contribution in [0, 0.1) is 0 Å². The standard InChI is InChI=1S/C19H26N4/c1-3-7-17(8-4-1)23-14-12-21-18(23)15-22-13-11-20-16-19(22)9-5-2-6-10-19/h1,3-4,7-8,12,14,20H,2,5-6,9-11,13,15-16H2. The number of hydrogen-bond acceptors (Lipinski definition) is 3. The number of benzene rings is 1. The van der Waals surface area contributed by atoms with Gasteiger partial charge in [-0.3, -0.25) is 4.90 Å². The minimum absolute atomic E-state index is 0.351. The summed E-state index contributed by atoms with van der Waals surface area (Å²) in [4.78, 5) is 7.36. The van der Waals surface area contributed by atoms with E-state index in [9.17, 15) is 0 Å². The zero-order valence-corrected chi connectivity index (χ0v) is 13.7. The number of hydrogen-bond donors (Lipinski definition) is 1. The average molecular weight is 310 g/mol. The molecule has 0 atom stereocenters. The van der Waals surface area contributed by atoms with Gasteiger partial charge >= 0.3 is 0 Å². The molecule has 2 aliphatic rings. The SMILES string of the molecule is c1ccc(-n2ccnc2CN2CCNCC23CCCCC3)cc1. The second-order valence-electron chi connectivity index (χ2n) is 6.93. The Hall–Kier alpha value is -1.65. The van der Waals surface area contributed by atoms with E-state index in [0.717, 1.165) is 32.0 Å². The summed E-state index contributed by atoms with van der Waals surface area (Å²) in [6.45, 7) is 4.30. The normalized spacial score (nSPS) is 21.6. The van der Waals surface area contributed by atoms with Crippen molar-refractivity contribution in [1.29, 1.82) is 0 Å². The van der Waals surface area contributed by atoms with Gasteiger partial charge in [0.05, 0.1) is 6.54 Å². The number of nitrogens with zero attached hydrogens (tertiary/aromatic N) is 3. The minimum Gasteiger partial charge on any atom is -0.314 e. The van der Waals surface area contributed by atoms with Gasteiger partial charge in [-0.15, -0.1) is 0 Å². The lowest BCUT2D eigenvalue weighted by Gasteiger charge is -2.49. The molecule has 1 aromatic heterocycles. The van der Waals surface area contributed by atoms with Crippen LogP contribution < -0.4 is 5.32 Å². The van der Waals surface area contributed by atoms with Crippen LogP contribution in [0.5, 0.6) is 0 Å². The third-order valence-electron chi connectivity index (χ3n) is 5.55. The van der Waals surface area contributed by atoms with Gasteiger partial charge in [0.25, 0.3) is 0 Å². The van der Waals surface area contributed by atoms with Gasteiger partial charge in [-0.25, -0.2) is 4.98 Å². The first-order chi connectivity index (χ1) is 11.4. The smallest absolute Gasteiger partial charge is 0.127 e. The molecular weight excluding hydrogens is 284 g/mol. The molecule has 2 aromatic rings. The molecule has 4 nitrogen and oxygen atoms in total. The zero-order chi connectivity index (χ0) is 15.5. The van der Waals surface area contributed by atoms with Gasteiger partial charge in [0, 0.05) is 43.3 Å². The highest BCUT2D eigenvalue weighted by molar-refractivity contribution is 5.32. The van der Waals surface area contributed by atoms with Gasteiger partial charge in [0.2, 0.25) is 0 Å². The summed E-state index contributed by atoms with van der Waals surface area (Å²) in [6.07, 6.45) is 10.8. The topological polar surface area (TPSA) is 33.1 Å². The van der Waals surface area contributed by atoms with E-state index < -0.39 is 0 Å². The van der Waals surface area contributed by atoms with E-state index in [-0.39, 0.29) is 0 Å². The lowest BCUT2D eigenvalue weighted by molar-refractivity contribution is 0.0186. The molecule has 1 saturated heterocycles. The summed E-state index contributed by atoms with van der Waals surface area (Å²) >= 11 is 0. The van der Waals surface area contributed by atoms with Crippen LogP contribution in [0.3, 0.4) is 0 Å². The molecule has 2 heterocycles. The van der Waals surface area contributed by atoms with Gasteiger partial charge in [-0.2, -0.15) is 0 Å². The van der Waals surface area contributed by atoms with Crippen LogP contribution in [0.15, 0.2) is 42.7 Å². The van der Waals surface area contributed by atoms with Crippen molar-refractivity contribution < 1.29 is 0 Å². The molecule has 23 heavy (non-hydrogen) atoms. The molecule has 4 rings (SSSR count). The Morgan fingerprint density at radius 1 is 1.09 bits per heavy atom. The van der Waals surface area contributed by atoms with Crippen molar-refractivity contribution >= 4 is 0 Å². The van der Waals surface area contributed by atoms with Gasteiger partial charge in [0.1, 0.15) is 5.82 Å². The van der Waals surface area contributed by atoms with Crippen molar-refractivity contribution in [2.24, 2.45) is 0 Å². The van der Waals surface area contributed by atoms with E-state index in [4.69, 9.17) is 0 Å². The van der Waals surface area contributed by atoms with Gasteiger partial charge in [-0.05, 0) is 25.0 Å². The quantitative estimate of drug-likeness (QED) is 0.946. The van der Waals surface area contributed by atoms with Gasteiger partial charge in [-0.1, -0.05) is 37.5 Å². The molecule has 0 unspecified atom stereocenters. The summed E-state index contributed by atoms with van der Waals surface area (Å²) < 4.78 is 2.23.